The van der Waals surface area contributed by atoms with Gasteiger partial charge in [0.25, 0.3) is 0 Å². The van der Waals surface area contributed by atoms with Crippen LogP contribution in [0.5, 0.6) is 0 Å². The van der Waals surface area contributed by atoms with E-state index >= 15 is 0 Å². The Morgan fingerprint density at radius 1 is 1.08 bits per heavy atom. The number of nitrogens with one attached hydrogen (secondary N) is 1. The van der Waals surface area contributed by atoms with Crippen LogP contribution >= 0.6 is 12.2 Å². The van der Waals surface area contributed by atoms with Crippen LogP contribution in [0.4, 0.5) is 10.1 Å². The van der Waals surface area contributed by atoms with Crippen LogP contribution in [-0.4, -0.2) is 54.3 Å². The molecule has 2 aromatic rings. The van der Waals surface area contributed by atoms with Gasteiger partial charge in [0.15, 0.2) is 5.11 Å². The van der Waals surface area contributed by atoms with E-state index in [1.54, 1.807) is 0 Å². The van der Waals surface area contributed by atoms with E-state index in [-0.39, 0.29) is 5.82 Å². The van der Waals surface area contributed by atoms with Gasteiger partial charge in [-0.25, -0.2) is 4.39 Å². The van der Waals surface area contributed by atoms with Crippen LogP contribution in [0.15, 0.2) is 54.6 Å². The van der Waals surface area contributed by atoms with Crippen molar-refractivity contribution in [3.63, 3.8) is 0 Å². The topological polar surface area (TPSA) is 27.7 Å². The normalized spacial score (nSPS) is 14.8. The highest BCUT2D eigenvalue weighted by Gasteiger charge is 2.15. The van der Waals surface area contributed by atoms with E-state index in [2.05, 4.69) is 15.1 Å². The second-order valence-electron chi connectivity index (χ2n) is 6.30. The zero-order valence-corrected chi connectivity index (χ0v) is 15.6. The lowest BCUT2D eigenvalue weighted by Crippen LogP contribution is -2.43. The van der Waals surface area contributed by atoms with Crippen molar-refractivity contribution >= 4 is 23.0 Å². The van der Waals surface area contributed by atoms with E-state index in [1.165, 1.54) is 12.1 Å². The summed E-state index contributed by atoms with van der Waals surface area (Å²) in [5.41, 5.74) is 2.00. The highest BCUT2D eigenvalue weighted by molar-refractivity contribution is 7.80. The van der Waals surface area contributed by atoms with Gasteiger partial charge in [-0.15, -0.1) is 0 Å². The van der Waals surface area contributed by atoms with Crippen LogP contribution in [0.1, 0.15) is 5.56 Å². The summed E-state index contributed by atoms with van der Waals surface area (Å²) in [6.45, 7) is 5.82. The molecular formula is C20H24FN3OS. The fourth-order valence-electron chi connectivity index (χ4n) is 2.87. The molecular weight excluding hydrogens is 349 g/mol. The second kappa shape index (κ2) is 9.62. The fourth-order valence-corrected chi connectivity index (χ4v) is 3.15. The number of ether oxygens (including phenoxy) is 1. The van der Waals surface area contributed by atoms with Gasteiger partial charge in [0.1, 0.15) is 5.82 Å². The van der Waals surface area contributed by atoms with Crippen LogP contribution in [0.3, 0.4) is 0 Å². The third-order valence-electron chi connectivity index (χ3n) is 4.39. The summed E-state index contributed by atoms with van der Waals surface area (Å²) in [6, 6.07) is 16.5. The SMILES string of the molecule is Fc1ccc(CN(CCN2CCOCC2)C(=S)Nc2ccccc2)cc1. The Morgan fingerprint density at radius 2 is 1.77 bits per heavy atom. The first-order valence-corrected chi connectivity index (χ1v) is 9.27. The molecule has 0 aliphatic carbocycles. The Balaban J connectivity index is 1.64. The first-order chi connectivity index (χ1) is 12.7. The number of halogens is 1. The van der Waals surface area contributed by atoms with Crippen molar-refractivity contribution in [2.75, 3.05) is 44.7 Å². The highest BCUT2D eigenvalue weighted by atomic mass is 32.1. The Morgan fingerprint density at radius 3 is 2.46 bits per heavy atom. The number of para-hydroxylation sites is 1. The van der Waals surface area contributed by atoms with Gasteiger partial charge in [0, 0.05) is 38.4 Å². The number of benzene rings is 2. The minimum absolute atomic E-state index is 0.224. The van der Waals surface area contributed by atoms with Crippen molar-refractivity contribution in [3.8, 4) is 0 Å². The predicted molar refractivity (Wildman–Crippen MR) is 107 cm³/mol. The summed E-state index contributed by atoms with van der Waals surface area (Å²) in [7, 11) is 0. The van der Waals surface area contributed by atoms with Crippen LogP contribution < -0.4 is 5.32 Å². The Bertz CT molecular complexity index is 690. The van der Waals surface area contributed by atoms with E-state index in [9.17, 15) is 4.39 Å². The Labute approximate surface area is 159 Å². The number of hydrogen-bond acceptors (Lipinski definition) is 3. The van der Waals surface area contributed by atoms with Crippen molar-refractivity contribution in [3.05, 3.63) is 66.0 Å². The molecule has 0 atom stereocenters. The zero-order chi connectivity index (χ0) is 18.2. The summed E-state index contributed by atoms with van der Waals surface area (Å²) in [6.07, 6.45) is 0. The molecule has 1 fully saturated rings. The molecule has 0 bridgehead atoms. The lowest BCUT2D eigenvalue weighted by Gasteiger charge is -2.31. The molecule has 1 N–H and O–H groups in total. The van der Waals surface area contributed by atoms with Gasteiger partial charge in [-0.3, -0.25) is 4.90 Å². The average molecular weight is 373 g/mol. The van der Waals surface area contributed by atoms with Crippen molar-refractivity contribution < 1.29 is 9.13 Å². The smallest absolute Gasteiger partial charge is 0.173 e. The third-order valence-corrected chi connectivity index (χ3v) is 4.75. The summed E-state index contributed by atoms with van der Waals surface area (Å²) < 4.78 is 18.6. The molecule has 3 rings (SSSR count). The van der Waals surface area contributed by atoms with Crippen LogP contribution in [0.25, 0.3) is 0 Å². The van der Waals surface area contributed by atoms with Crippen molar-refractivity contribution in [1.29, 1.82) is 0 Å². The van der Waals surface area contributed by atoms with Crippen molar-refractivity contribution in [2.24, 2.45) is 0 Å². The number of thiocarbonyl (C=S) groups is 1. The number of anilines is 1. The molecule has 1 aliphatic heterocycles. The van der Waals surface area contributed by atoms with E-state index < -0.39 is 0 Å². The molecule has 0 radical (unpaired) electrons. The third kappa shape index (κ3) is 5.76. The summed E-state index contributed by atoms with van der Waals surface area (Å²) in [5.74, 6) is -0.224. The quantitative estimate of drug-likeness (QED) is 0.784. The average Bonchev–Trinajstić information content (AvgIpc) is 2.68. The van der Waals surface area contributed by atoms with E-state index in [0.717, 1.165) is 50.6 Å². The van der Waals surface area contributed by atoms with Gasteiger partial charge < -0.3 is 15.0 Å². The maximum atomic E-state index is 13.2. The van der Waals surface area contributed by atoms with E-state index in [1.807, 2.05) is 42.5 Å². The summed E-state index contributed by atoms with van der Waals surface area (Å²) in [4.78, 5) is 4.51. The monoisotopic (exact) mass is 373 g/mol. The van der Waals surface area contributed by atoms with Gasteiger partial charge in [-0.05, 0) is 42.0 Å². The number of rotatable bonds is 6. The molecule has 1 heterocycles. The summed E-state index contributed by atoms with van der Waals surface area (Å²) in [5, 5.41) is 3.98. The Hall–Kier alpha value is -2.02. The number of morpholine rings is 1. The highest BCUT2D eigenvalue weighted by Crippen LogP contribution is 2.11. The molecule has 0 aromatic heterocycles. The summed E-state index contributed by atoms with van der Waals surface area (Å²) >= 11 is 5.65. The standard InChI is InChI=1S/C20H24FN3OS/c21-18-8-6-17(7-9-18)16-24(11-10-23-12-14-25-15-13-23)20(26)22-19-4-2-1-3-5-19/h1-9H,10-16H2,(H,22,26). The molecule has 0 amide bonds. The first-order valence-electron chi connectivity index (χ1n) is 8.86. The fraction of sp³-hybridized carbons (Fsp3) is 0.350. The second-order valence-corrected chi connectivity index (χ2v) is 6.68. The van der Waals surface area contributed by atoms with Crippen LogP contribution in [-0.2, 0) is 11.3 Å². The number of nitrogens with zero attached hydrogens (tertiary/aromatic N) is 2. The Kier molecular flexibility index (Phi) is 6.94. The molecule has 6 heteroatoms. The van der Waals surface area contributed by atoms with Crippen molar-refractivity contribution in [2.45, 2.75) is 6.54 Å². The largest absolute Gasteiger partial charge is 0.379 e. The van der Waals surface area contributed by atoms with Gasteiger partial charge >= 0.3 is 0 Å². The molecule has 0 saturated carbocycles. The van der Waals surface area contributed by atoms with E-state index in [4.69, 9.17) is 17.0 Å². The lowest BCUT2D eigenvalue weighted by atomic mass is 10.2. The maximum Gasteiger partial charge on any atom is 0.173 e. The lowest BCUT2D eigenvalue weighted by molar-refractivity contribution is 0.0358. The van der Waals surface area contributed by atoms with Gasteiger partial charge in [0.2, 0.25) is 0 Å². The molecule has 0 spiro atoms. The zero-order valence-electron chi connectivity index (χ0n) is 14.7. The molecule has 1 saturated heterocycles. The maximum absolute atomic E-state index is 13.2. The molecule has 138 valence electrons. The molecule has 2 aromatic carbocycles. The van der Waals surface area contributed by atoms with E-state index in [0.29, 0.717) is 11.7 Å². The molecule has 1 aliphatic rings. The van der Waals surface area contributed by atoms with Gasteiger partial charge in [0.05, 0.1) is 13.2 Å². The molecule has 0 unspecified atom stereocenters. The number of hydrogen-bond donors (Lipinski definition) is 1. The van der Waals surface area contributed by atoms with Gasteiger partial charge in [-0.2, -0.15) is 0 Å². The van der Waals surface area contributed by atoms with Crippen LogP contribution in [0, 0.1) is 5.82 Å². The minimum Gasteiger partial charge on any atom is -0.379 e. The minimum atomic E-state index is -0.224. The van der Waals surface area contributed by atoms with Crippen LogP contribution in [0.2, 0.25) is 0 Å². The van der Waals surface area contributed by atoms with Gasteiger partial charge in [-0.1, -0.05) is 30.3 Å². The molecule has 26 heavy (non-hydrogen) atoms. The first kappa shape index (κ1) is 18.8. The molecule has 4 nitrogen and oxygen atoms in total. The predicted octanol–water partition coefficient (Wildman–Crippen LogP) is 3.36. The van der Waals surface area contributed by atoms with Crippen molar-refractivity contribution in [1.82, 2.24) is 9.80 Å².